The molecule has 1 aliphatic carbocycles. The van der Waals surface area contributed by atoms with Crippen LogP contribution in [-0.2, 0) is 19.2 Å². The molecule has 14 heavy (non-hydrogen) atoms. The third-order valence-corrected chi connectivity index (χ3v) is 2.18. The van der Waals surface area contributed by atoms with E-state index in [4.69, 9.17) is 10.2 Å². The molecule has 0 aromatic rings. The number of aliphatic carboxylic acids is 2. The number of ketones is 2. The van der Waals surface area contributed by atoms with Crippen LogP contribution in [0.15, 0.2) is 0 Å². The van der Waals surface area contributed by atoms with Crippen LogP contribution in [0.5, 0.6) is 0 Å². The van der Waals surface area contributed by atoms with Crippen molar-refractivity contribution in [1.82, 2.24) is 0 Å². The third kappa shape index (κ3) is 1.63. The highest BCUT2D eigenvalue weighted by Gasteiger charge is 2.46. The fraction of sp³-hybridized carbons (Fsp3) is 0.500. The van der Waals surface area contributed by atoms with Crippen molar-refractivity contribution >= 4 is 23.5 Å². The zero-order chi connectivity index (χ0) is 10.9. The van der Waals surface area contributed by atoms with Gasteiger partial charge in [0.1, 0.15) is 23.4 Å². The zero-order valence-corrected chi connectivity index (χ0v) is 7.10. The molecule has 0 heterocycles. The van der Waals surface area contributed by atoms with Crippen molar-refractivity contribution in [3.05, 3.63) is 0 Å². The molecule has 6 heteroatoms. The minimum atomic E-state index is -1.71. The molecular formula is C8H8O6. The van der Waals surface area contributed by atoms with E-state index in [-0.39, 0.29) is 12.8 Å². The van der Waals surface area contributed by atoms with Gasteiger partial charge in [0, 0.05) is 12.8 Å². The maximum Gasteiger partial charge on any atom is 0.315 e. The summed E-state index contributed by atoms with van der Waals surface area (Å²) in [6.45, 7) is 0. The molecule has 0 bridgehead atoms. The molecule has 0 radical (unpaired) electrons. The first-order valence-electron chi connectivity index (χ1n) is 3.96. The molecule has 6 nitrogen and oxygen atoms in total. The van der Waals surface area contributed by atoms with E-state index in [9.17, 15) is 19.2 Å². The summed E-state index contributed by atoms with van der Waals surface area (Å²) in [5.74, 6) is -7.90. The van der Waals surface area contributed by atoms with Crippen molar-refractivity contribution < 1.29 is 29.4 Å². The van der Waals surface area contributed by atoms with Gasteiger partial charge in [-0.1, -0.05) is 0 Å². The number of hydrogen-bond donors (Lipinski definition) is 2. The zero-order valence-electron chi connectivity index (χ0n) is 7.10. The Morgan fingerprint density at radius 1 is 0.929 bits per heavy atom. The van der Waals surface area contributed by atoms with Crippen LogP contribution < -0.4 is 0 Å². The lowest BCUT2D eigenvalue weighted by Gasteiger charge is -2.22. The topological polar surface area (TPSA) is 109 Å². The lowest BCUT2D eigenvalue weighted by molar-refractivity contribution is -0.163. The van der Waals surface area contributed by atoms with Gasteiger partial charge in [0.05, 0.1) is 0 Å². The molecule has 0 amide bonds. The predicted molar refractivity (Wildman–Crippen MR) is 41.5 cm³/mol. The van der Waals surface area contributed by atoms with Crippen LogP contribution in [-0.4, -0.2) is 33.7 Å². The summed E-state index contributed by atoms with van der Waals surface area (Å²) in [6, 6.07) is 0. The summed E-state index contributed by atoms with van der Waals surface area (Å²) in [5, 5.41) is 17.2. The number of hydrogen-bond acceptors (Lipinski definition) is 4. The fourth-order valence-corrected chi connectivity index (χ4v) is 1.49. The second-order valence-corrected chi connectivity index (χ2v) is 3.06. The molecular weight excluding hydrogens is 192 g/mol. The van der Waals surface area contributed by atoms with Crippen LogP contribution in [0.2, 0.25) is 0 Å². The van der Waals surface area contributed by atoms with Gasteiger partial charge in [0.25, 0.3) is 0 Å². The van der Waals surface area contributed by atoms with E-state index in [2.05, 4.69) is 0 Å². The second-order valence-electron chi connectivity index (χ2n) is 3.06. The van der Waals surface area contributed by atoms with E-state index >= 15 is 0 Å². The van der Waals surface area contributed by atoms with Gasteiger partial charge < -0.3 is 10.2 Å². The van der Waals surface area contributed by atoms with E-state index < -0.39 is 35.3 Å². The monoisotopic (exact) mass is 200 g/mol. The van der Waals surface area contributed by atoms with Crippen molar-refractivity contribution in [1.29, 1.82) is 0 Å². The quantitative estimate of drug-likeness (QED) is 0.571. The van der Waals surface area contributed by atoms with Crippen molar-refractivity contribution in [2.24, 2.45) is 11.8 Å². The molecule has 1 fully saturated rings. The lowest BCUT2D eigenvalue weighted by atomic mass is 9.77. The van der Waals surface area contributed by atoms with Gasteiger partial charge in [0.15, 0.2) is 0 Å². The largest absolute Gasteiger partial charge is 0.481 e. The van der Waals surface area contributed by atoms with Crippen molar-refractivity contribution in [3.63, 3.8) is 0 Å². The van der Waals surface area contributed by atoms with Crippen molar-refractivity contribution in [2.45, 2.75) is 12.8 Å². The summed E-state index contributed by atoms with van der Waals surface area (Å²) < 4.78 is 0. The molecule has 1 aliphatic rings. The fourth-order valence-electron chi connectivity index (χ4n) is 1.49. The summed E-state index contributed by atoms with van der Waals surface area (Å²) in [6.07, 6.45) is -0.362. The standard InChI is InChI=1S/C8H8O6/c9-3-1-2-4(10)6(8(13)14)5(3)7(11)12/h5-6H,1-2H2,(H,11,12)(H,13,14). The smallest absolute Gasteiger partial charge is 0.315 e. The molecule has 0 aliphatic heterocycles. The van der Waals surface area contributed by atoms with Crippen molar-refractivity contribution in [2.75, 3.05) is 0 Å². The first kappa shape index (κ1) is 10.4. The summed E-state index contributed by atoms with van der Waals surface area (Å²) in [5.41, 5.74) is 0. The van der Waals surface area contributed by atoms with E-state index in [1.807, 2.05) is 0 Å². The van der Waals surface area contributed by atoms with Crippen LogP contribution in [0.3, 0.4) is 0 Å². The van der Waals surface area contributed by atoms with E-state index in [0.29, 0.717) is 0 Å². The second kappa shape index (κ2) is 3.57. The van der Waals surface area contributed by atoms with E-state index in [1.54, 1.807) is 0 Å². The van der Waals surface area contributed by atoms with E-state index in [0.717, 1.165) is 0 Å². The lowest BCUT2D eigenvalue weighted by Crippen LogP contribution is -2.44. The van der Waals surface area contributed by atoms with Gasteiger partial charge in [-0.15, -0.1) is 0 Å². The van der Waals surface area contributed by atoms with Crippen LogP contribution in [0, 0.1) is 11.8 Å². The Balaban J connectivity index is 3.04. The average Bonchev–Trinajstić information content (AvgIpc) is 2.07. The number of rotatable bonds is 2. The molecule has 0 aromatic heterocycles. The SMILES string of the molecule is O=C(O)C1C(=O)CCC(=O)C1C(=O)O. The first-order chi connectivity index (χ1) is 6.45. The number of carboxylic acid groups (broad SMARTS) is 2. The van der Waals surface area contributed by atoms with Crippen LogP contribution in [0.25, 0.3) is 0 Å². The number of carboxylic acids is 2. The van der Waals surface area contributed by atoms with Gasteiger partial charge in [-0.2, -0.15) is 0 Å². The number of carbonyl (C=O) groups is 4. The minimum Gasteiger partial charge on any atom is -0.481 e. The Hall–Kier alpha value is -1.72. The highest BCUT2D eigenvalue weighted by molar-refractivity contribution is 6.13. The molecule has 0 saturated heterocycles. The number of Topliss-reactive ketones (excluding diaryl/α,β-unsaturated/α-hetero) is 2. The molecule has 2 unspecified atom stereocenters. The van der Waals surface area contributed by atoms with Crippen LogP contribution in [0.1, 0.15) is 12.8 Å². The average molecular weight is 200 g/mol. The maximum absolute atomic E-state index is 11.1. The Kier molecular flexibility index (Phi) is 2.64. The normalized spacial score (nSPS) is 27.4. The molecule has 76 valence electrons. The Morgan fingerprint density at radius 2 is 1.21 bits per heavy atom. The Bertz CT molecular complexity index is 286. The van der Waals surface area contributed by atoms with Crippen LogP contribution in [0.4, 0.5) is 0 Å². The van der Waals surface area contributed by atoms with Crippen LogP contribution >= 0.6 is 0 Å². The highest BCUT2D eigenvalue weighted by Crippen LogP contribution is 2.25. The third-order valence-electron chi connectivity index (χ3n) is 2.18. The Morgan fingerprint density at radius 3 is 1.43 bits per heavy atom. The summed E-state index contributed by atoms with van der Waals surface area (Å²) >= 11 is 0. The highest BCUT2D eigenvalue weighted by atomic mass is 16.4. The number of carbonyl (C=O) groups excluding carboxylic acids is 2. The van der Waals surface area contributed by atoms with Gasteiger partial charge in [-0.25, -0.2) is 0 Å². The van der Waals surface area contributed by atoms with Crippen molar-refractivity contribution in [3.8, 4) is 0 Å². The van der Waals surface area contributed by atoms with Gasteiger partial charge in [-0.3, -0.25) is 19.2 Å². The molecule has 0 aromatic carbocycles. The molecule has 0 spiro atoms. The molecule has 2 N–H and O–H groups in total. The summed E-state index contributed by atoms with van der Waals surface area (Å²) in [7, 11) is 0. The predicted octanol–water partition coefficient (Wildman–Crippen LogP) is -0.680. The Labute approximate surface area is 78.5 Å². The molecule has 2 atom stereocenters. The first-order valence-corrected chi connectivity index (χ1v) is 3.96. The summed E-state index contributed by atoms with van der Waals surface area (Å²) in [4.78, 5) is 43.4. The van der Waals surface area contributed by atoms with Gasteiger partial charge >= 0.3 is 11.9 Å². The molecule has 1 saturated carbocycles. The van der Waals surface area contributed by atoms with Gasteiger partial charge in [-0.05, 0) is 0 Å². The van der Waals surface area contributed by atoms with Gasteiger partial charge in [0.2, 0.25) is 0 Å². The minimum absolute atomic E-state index is 0.181. The van der Waals surface area contributed by atoms with E-state index in [1.165, 1.54) is 0 Å². The molecule has 1 rings (SSSR count). The maximum atomic E-state index is 11.1.